The van der Waals surface area contributed by atoms with E-state index in [-0.39, 0.29) is 5.97 Å². The predicted molar refractivity (Wildman–Crippen MR) is 104 cm³/mol. The van der Waals surface area contributed by atoms with Crippen molar-refractivity contribution >= 4 is 23.8 Å². The van der Waals surface area contributed by atoms with Gasteiger partial charge in [0, 0.05) is 37.7 Å². The van der Waals surface area contributed by atoms with Crippen LogP contribution in [0.2, 0.25) is 5.02 Å². The van der Waals surface area contributed by atoms with Gasteiger partial charge in [-0.15, -0.1) is 0 Å². The Hall–Kier alpha value is -2.37. The maximum atomic E-state index is 11.4. The zero-order chi connectivity index (χ0) is 18.4. The molecule has 1 aliphatic rings. The molecule has 2 aromatic rings. The molecule has 0 spiro atoms. The van der Waals surface area contributed by atoms with Gasteiger partial charge in [0.2, 0.25) is 0 Å². The van der Waals surface area contributed by atoms with E-state index >= 15 is 0 Å². The van der Waals surface area contributed by atoms with E-state index < -0.39 is 0 Å². The lowest BCUT2D eigenvalue weighted by Gasteiger charge is -2.33. The van der Waals surface area contributed by atoms with Gasteiger partial charge in [-0.2, -0.15) is 5.10 Å². The van der Waals surface area contributed by atoms with Gasteiger partial charge in [0.05, 0.1) is 18.9 Å². The number of carbonyl (C=O) groups is 1. The number of rotatable bonds is 5. The summed E-state index contributed by atoms with van der Waals surface area (Å²) in [7, 11) is 1.38. The van der Waals surface area contributed by atoms with Crippen LogP contribution in [0.4, 0.5) is 0 Å². The number of halogens is 1. The first-order valence-corrected chi connectivity index (χ1v) is 8.96. The van der Waals surface area contributed by atoms with Gasteiger partial charge < -0.3 is 4.74 Å². The average molecular weight is 372 g/mol. The summed E-state index contributed by atoms with van der Waals surface area (Å²) in [6.45, 7) is 4.52. The molecule has 0 amide bonds. The van der Waals surface area contributed by atoms with Crippen molar-refractivity contribution in [3.63, 3.8) is 0 Å². The molecular weight excluding hydrogens is 350 g/mol. The smallest absolute Gasteiger partial charge is 0.337 e. The monoisotopic (exact) mass is 371 g/mol. The van der Waals surface area contributed by atoms with Gasteiger partial charge >= 0.3 is 5.97 Å². The number of carbonyl (C=O) groups excluding carboxylic acids is 1. The van der Waals surface area contributed by atoms with E-state index in [1.165, 1.54) is 7.11 Å². The first kappa shape index (κ1) is 18.4. The van der Waals surface area contributed by atoms with Crippen molar-refractivity contribution < 1.29 is 9.53 Å². The number of hydrazone groups is 1. The van der Waals surface area contributed by atoms with E-state index in [0.717, 1.165) is 48.9 Å². The molecule has 0 N–H and O–H groups in total. The van der Waals surface area contributed by atoms with Crippen molar-refractivity contribution in [2.75, 3.05) is 33.3 Å². The number of benzene rings is 2. The van der Waals surface area contributed by atoms with Gasteiger partial charge in [-0.25, -0.2) is 4.79 Å². The maximum absolute atomic E-state index is 11.4. The molecule has 0 bridgehead atoms. The predicted octanol–water partition coefficient (Wildman–Crippen LogP) is 3.28. The lowest BCUT2D eigenvalue weighted by atomic mass is 10.1. The summed E-state index contributed by atoms with van der Waals surface area (Å²) in [4.78, 5) is 13.8. The highest BCUT2D eigenvalue weighted by molar-refractivity contribution is 6.31. The third kappa shape index (κ3) is 4.84. The molecule has 1 aliphatic heterocycles. The molecule has 0 unspecified atom stereocenters. The van der Waals surface area contributed by atoms with E-state index in [9.17, 15) is 4.79 Å². The molecular formula is C20H22ClN3O2. The molecule has 2 aromatic carbocycles. The molecule has 0 saturated carbocycles. The molecule has 26 heavy (non-hydrogen) atoms. The van der Waals surface area contributed by atoms with Crippen LogP contribution in [0.15, 0.2) is 53.6 Å². The summed E-state index contributed by atoms with van der Waals surface area (Å²) in [6, 6.07) is 15.2. The first-order chi connectivity index (χ1) is 12.7. The normalized spacial score (nSPS) is 15.4. The quantitative estimate of drug-likeness (QED) is 0.597. The molecule has 1 heterocycles. The first-order valence-electron chi connectivity index (χ1n) is 8.59. The maximum Gasteiger partial charge on any atom is 0.337 e. The highest BCUT2D eigenvalue weighted by Gasteiger charge is 2.16. The standard InChI is InChI=1S/C20H22ClN3O2/c1-26-20(25)17-8-6-16(7-9-17)14-22-24-12-10-23(11-13-24)15-18-4-2-3-5-19(18)21/h2-9,14H,10-13,15H2,1H3. The molecule has 0 aliphatic carbocycles. The molecule has 136 valence electrons. The van der Waals surface area contributed by atoms with Crippen LogP contribution < -0.4 is 0 Å². The minimum Gasteiger partial charge on any atom is -0.465 e. The third-order valence-corrected chi connectivity index (χ3v) is 4.77. The number of methoxy groups -OCH3 is 1. The Morgan fingerprint density at radius 3 is 2.46 bits per heavy atom. The van der Waals surface area contributed by atoms with Crippen LogP contribution in [-0.4, -0.2) is 55.4 Å². The van der Waals surface area contributed by atoms with Crippen molar-refractivity contribution in [2.24, 2.45) is 5.10 Å². The Morgan fingerprint density at radius 2 is 1.81 bits per heavy atom. The van der Waals surface area contributed by atoms with Gasteiger partial charge in [0.25, 0.3) is 0 Å². The van der Waals surface area contributed by atoms with Crippen LogP contribution in [0.5, 0.6) is 0 Å². The zero-order valence-corrected chi connectivity index (χ0v) is 15.5. The highest BCUT2D eigenvalue weighted by atomic mass is 35.5. The zero-order valence-electron chi connectivity index (χ0n) is 14.8. The number of esters is 1. The van der Waals surface area contributed by atoms with Gasteiger partial charge in [-0.3, -0.25) is 9.91 Å². The number of piperazine rings is 1. The lowest BCUT2D eigenvalue weighted by molar-refractivity contribution is 0.0600. The minimum atomic E-state index is -0.330. The van der Waals surface area contributed by atoms with Gasteiger partial charge in [-0.05, 0) is 29.3 Å². The van der Waals surface area contributed by atoms with E-state index in [4.69, 9.17) is 16.3 Å². The van der Waals surface area contributed by atoms with Crippen LogP contribution in [0.25, 0.3) is 0 Å². The number of nitrogens with zero attached hydrogens (tertiary/aromatic N) is 3. The average Bonchev–Trinajstić information content (AvgIpc) is 2.69. The fraction of sp³-hybridized carbons (Fsp3) is 0.300. The second kappa shape index (κ2) is 8.83. The van der Waals surface area contributed by atoms with Crippen molar-refractivity contribution in [3.8, 4) is 0 Å². The van der Waals surface area contributed by atoms with Crippen LogP contribution in [0, 0.1) is 0 Å². The van der Waals surface area contributed by atoms with Crippen molar-refractivity contribution in [1.29, 1.82) is 0 Å². The summed E-state index contributed by atoms with van der Waals surface area (Å²) in [5.41, 5.74) is 2.66. The SMILES string of the molecule is COC(=O)c1ccc(C=NN2CCN(Cc3ccccc3Cl)CC2)cc1. The van der Waals surface area contributed by atoms with E-state index in [1.807, 2.05) is 36.5 Å². The fourth-order valence-corrected chi connectivity index (χ4v) is 3.05. The molecule has 6 heteroatoms. The molecule has 0 aromatic heterocycles. The Kier molecular flexibility index (Phi) is 6.26. The Morgan fingerprint density at radius 1 is 1.12 bits per heavy atom. The fourth-order valence-electron chi connectivity index (χ4n) is 2.85. The van der Waals surface area contributed by atoms with Crippen LogP contribution in [0.1, 0.15) is 21.5 Å². The van der Waals surface area contributed by atoms with Gasteiger partial charge in [0.15, 0.2) is 0 Å². The lowest BCUT2D eigenvalue weighted by Crippen LogP contribution is -2.43. The van der Waals surface area contributed by atoms with E-state index in [1.54, 1.807) is 12.1 Å². The third-order valence-electron chi connectivity index (χ3n) is 4.40. The van der Waals surface area contributed by atoms with E-state index in [0.29, 0.717) is 5.56 Å². The summed E-state index contributed by atoms with van der Waals surface area (Å²) in [5, 5.41) is 7.44. The van der Waals surface area contributed by atoms with Crippen LogP contribution >= 0.6 is 11.6 Å². The summed E-state index contributed by atoms with van der Waals surface area (Å²) in [6.07, 6.45) is 1.82. The molecule has 3 rings (SSSR count). The number of hydrogen-bond acceptors (Lipinski definition) is 5. The Balaban J connectivity index is 1.50. The van der Waals surface area contributed by atoms with Crippen LogP contribution in [0.3, 0.4) is 0 Å². The molecule has 5 nitrogen and oxygen atoms in total. The molecule has 1 fully saturated rings. The van der Waals surface area contributed by atoms with Gasteiger partial charge in [0.1, 0.15) is 0 Å². The number of ether oxygens (including phenoxy) is 1. The summed E-state index contributed by atoms with van der Waals surface area (Å²) >= 11 is 6.24. The highest BCUT2D eigenvalue weighted by Crippen LogP contribution is 2.18. The van der Waals surface area contributed by atoms with Crippen molar-refractivity contribution in [1.82, 2.24) is 9.91 Å². The minimum absolute atomic E-state index is 0.330. The second-order valence-electron chi connectivity index (χ2n) is 6.18. The second-order valence-corrected chi connectivity index (χ2v) is 6.59. The van der Waals surface area contributed by atoms with Gasteiger partial charge in [-0.1, -0.05) is 41.9 Å². The molecule has 0 radical (unpaired) electrons. The largest absolute Gasteiger partial charge is 0.465 e. The molecule has 0 atom stereocenters. The Bertz CT molecular complexity index is 769. The summed E-state index contributed by atoms with van der Waals surface area (Å²) in [5.74, 6) is -0.330. The van der Waals surface area contributed by atoms with Crippen molar-refractivity contribution in [3.05, 3.63) is 70.2 Å². The van der Waals surface area contributed by atoms with E-state index in [2.05, 4.69) is 21.1 Å². The topological polar surface area (TPSA) is 45.1 Å². The Labute approximate surface area is 158 Å². The summed E-state index contributed by atoms with van der Waals surface area (Å²) < 4.78 is 4.70. The number of hydrogen-bond donors (Lipinski definition) is 0. The van der Waals surface area contributed by atoms with Crippen LogP contribution in [-0.2, 0) is 11.3 Å². The molecule has 1 saturated heterocycles. The van der Waals surface area contributed by atoms with Crippen molar-refractivity contribution in [2.45, 2.75) is 6.54 Å².